The molecule has 110 valence electrons. The summed E-state index contributed by atoms with van der Waals surface area (Å²) in [5.74, 6) is 1.32. The van der Waals surface area contributed by atoms with Gasteiger partial charge in [0, 0.05) is 18.6 Å². The van der Waals surface area contributed by atoms with Gasteiger partial charge in [-0.15, -0.1) is 0 Å². The van der Waals surface area contributed by atoms with Crippen molar-refractivity contribution in [3.8, 4) is 11.5 Å². The van der Waals surface area contributed by atoms with E-state index in [0.29, 0.717) is 25.4 Å². The molecule has 0 heterocycles. The summed E-state index contributed by atoms with van der Waals surface area (Å²) in [4.78, 5) is 10.1. The molecule has 0 saturated carbocycles. The minimum atomic E-state index is -0.528. The average Bonchev–Trinajstić information content (AvgIpc) is 2.47. The Morgan fingerprint density at radius 3 is 2.29 bits per heavy atom. The van der Waals surface area contributed by atoms with E-state index in [1.807, 2.05) is 30.3 Å². The van der Waals surface area contributed by atoms with Gasteiger partial charge < -0.3 is 9.47 Å². The monoisotopic (exact) mass is 307 g/mol. The second-order valence-corrected chi connectivity index (χ2v) is 4.64. The van der Waals surface area contributed by atoms with Gasteiger partial charge in [-0.3, -0.25) is 10.1 Å². The SMILES string of the molecule is O=[N+]([O-])c1ccc(OCCCOc2ccccc2)cc1Cl. The highest BCUT2D eigenvalue weighted by Gasteiger charge is 2.12. The van der Waals surface area contributed by atoms with Gasteiger partial charge in [-0.05, 0) is 18.2 Å². The Morgan fingerprint density at radius 2 is 1.67 bits per heavy atom. The van der Waals surface area contributed by atoms with Gasteiger partial charge in [0.25, 0.3) is 5.69 Å². The number of halogens is 1. The molecule has 0 N–H and O–H groups in total. The van der Waals surface area contributed by atoms with Crippen molar-refractivity contribution in [3.05, 3.63) is 63.7 Å². The summed E-state index contributed by atoms with van der Waals surface area (Å²) in [5.41, 5.74) is -0.128. The molecule has 0 unspecified atom stereocenters. The second-order valence-electron chi connectivity index (χ2n) is 4.23. The van der Waals surface area contributed by atoms with Gasteiger partial charge >= 0.3 is 0 Å². The van der Waals surface area contributed by atoms with E-state index >= 15 is 0 Å². The van der Waals surface area contributed by atoms with E-state index in [0.717, 1.165) is 5.75 Å². The van der Waals surface area contributed by atoms with E-state index in [4.69, 9.17) is 21.1 Å². The molecular formula is C15H14ClNO4. The largest absolute Gasteiger partial charge is 0.493 e. The van der Waals surface area contributed by atoms with E-state index in [1.54, 1.807) is 0 Å². The molecule has 21 heavy (non-hydrogen) atoms. The summed E-state index contributed by atoms with van der Waals surface area (Å²) >= 11 is 5.80. The lowest BCUT2D eigenvalue weighted by Gasteiger charge is -2.08. The van der Waals surface area contributed by atoms with Crippen molar-refractivity contribution in [2.45, 2.75) is 6.42 Å². The lowest BCUT2D eigenvalue weighted by molar-refractivity contribution is -0.384. The Hall–Kier alpha value is -2.27. The molecule has 0 fully saturated rings. The normalized spacial score (nSPS) is 10.1. The first kappa shape index (κ1) is 15.1. The van der Waals surface area contributed by atoms with Crippen LogP contribution in [-0.4, -0.2) is 18.1 Å². The molecule has 0 saturated heterocycles. The number of para-hydroxylation sites is 1. The topological polar surface area (TPSA) is 61.6 Å². The predicted molar refractivity (Wildman–Crippen MR) is 80.2 cm³/mol. The van der Waals surface area contributed by atoms with Crippen LogP contribution in [0.25, 0.3) is 0 Å². The summed E-state index contributed by atoms with van der Waals surface area (Å²) in [6, 6.07) is 13.8. The Labute approximate surface area is 127 Å². The highest BCUT2D eigenvalue weighted by atomic mass is 35.5. The molecule has 0 spiro atoms. The summed E-state index contributed by atoms with van der Waals surface area (Å²) < 4.78 is 11.0. The zero-order valence-corrected chi connectivity index (χ0v) is 12.0. The van der Waals surface area contributed by atoms with Crippen LogP contribution in [0.1, 0.15) is 6.42 Å². The number of nitrogens with zero attached hydrogens (tertiary/aromatic N) is 1. The van der Waals surface area contributed by atoms with Crippen LogP contribution in [0.5, 0.6) is 11.5 Å². The lowest BCUT2D eigenvalue weighted by atomic mass is 10.3. The smallest absolute Gasteiger partial charge is 0.288 e. The van der Waals surface area contributed by atoms with Crippen LogP contribution in [0.4, 0.5) is 5.69 Å². The number of rotatable bonds is 7. The zero-order valence-electron chi connectivity index (χ0n) is 11.2. The maximum Gasteiger partial charge on any atom is 0.288 e. The zero-order chi connectivity index (χ0) is 15.1. The second kappa shape index (κ2) is 7.50. The molecule has 5 nitrogen and oxygen atoms in total. The van der Waals surface area contributed by atoms with Gasteiger partial charge in [0.2, 0.25) is 0 Å². The van der Waals surface area contributed by atoms with Crippen LogP contribution in [0, 0.1) is 10.1 Å². The molecule has 2 rings (SSSR count). The Balaban J connectivity index is 1.74. The van der Waals surface area contributed by atoms with Crippen molar-refractivity contribution < 1.29 is 14.4 Å². The minimum Gasteiger partial charge on any atom is -0.493 e. The highest BCUT2D eigenvalue weighted by Crippen LogP contribution is 2.28. The van der Waals surface area contributed by atoms with Crippen LogP contribution >= 0.6 is 11.6 Å². The van der Waals surface area contributed by atoms with Gasteiger partial charge in [-0.25, -0.2) is 0 Å². The molecule has 0 radical (unpaired) electrons. The van der Waals surface area contributed by atoms with Gasteiger partial charge in [-0.2, -0.15) is 0 Å². The van der Waals surface area contributed by atoms with Crippen LogP contribution in [-0.2, 0) is 0 Å². The van der Waals surface area contributed by atoms with Crippen LogP contribution in [0.15, 0.2) is 48.5 Å². The van der Waals surface area contributed by atoms with E-state index in [-0.39, 0.29) is 10.7 Å². The first-order chi connectivity index (χ1) is 10.2. The number of nitro benzene ring substituents is 1. The number of hydrogen-bond donors (Lipinski definition) is 0. The quantitative estimate of drug-likeness (QED) is 0.439. The number of ether oxygens (including phenoxy) is 2. The van der Waals surface area contributed by atoms with E-state index in [9.17, 15) is 10.1 Å². The van der Waals surface area contributed by atoms with E-state index in [1.165, 1.54) is 18.2 Å². The van der Waals surface area contributed by atoms with E-state index < -0.39 is 4.92 Å². The Kier molecular flexibility index (Phi) is 5.40. The fraction of sp³-hybridized carbons (Fsp3) is 0.200. The minimum absolute atomic E-state index is 0.0676. The molecule has 2 aromatic carbocycles. The molecule has 0 atom stereocenters. The summed E-state index contributed by atoms with van der Waals surface area (Å²) in [7, 11) is 0. The molecular weight excluding hydrogens is 294 g/mol. The molecule has 0 aliphatic carbocycles. The van der Waals surface area contributed by atoms with Crippen molar-refractivity contribution >= 4 is 17.3 Å². The summed E-state index contributed by atoms with van der Waals surface area (Å²) in [6.07, 6.45) is 0.698. The van der Waals surface area contributed by atoms with Crippen molar-refractivity contribution in [2.24, 2.45) is 0 Å². The lowest BCUT2D eigenvalue weighted by Crippen LogP contribution is -2.05. The fourth-order valence-corrected chi connectivity index (χ4v) is 1.92. The average molecular weight is 308 g/mol. The third-order valence-electron chi connectivity index (χ3n) is 2.69. The van der Waals surface area contributed by atoms with E-state index in [2.05, 4.69) is 0 Å². The maximum atomic E-state index is 10.6. The molecule has 0 aliphatic heterocycles. The number of hydrogen-bond acceptors (Lipinski definition) is 4. The molecule has 0 amide bonds. The van der Waals surface area contributed by atoms with Crippen LogP contribution in [0.2, 0.25) is 5.02 Å². The van der Waals surface area contributed by atoms with Gasteiger partial charge in [0.15, 0.2) is 0 Å². The molecule has 0 aromatic heterocycles. The van der Waals surface area contributed by atoms with Crippen LogP contribution < -0.4 is 9.47 Å². The third kappa shape index (κ3) is 4.65. The van der Waals surface area contributed by atoms with Gasteiger partial charge in [0.05, 0.1) is 18.1 Å². The molecule has 0 aliphatic rings. The van der Waals surface area contributed by atoms with Crippen LogP contribution in [0.3, 0.4) is 0 Å². The highest BCUT2D eigenvalue weighted by molar-refractivity contribution is 6.32. The standard InChI is InChI=1S/C15H14ClNO4/c16-14-11-13(7-8-15(14)17(18)19)21-10-4-9-20-12-5-2-1-3-6-12/h1-3,5-8,11H,4,9-10H2. The molecule has 0 bridgehead atoms. The molecule has 2 aromatic rings. The Morgan fingerprint density at radius 1 is 1.00 bits per heavy atom. The van der Waals surface area contributed by atoms with Crippen molar-refractivity contribution in [3.63, 3.8) is 0 Å². The third-order valence-corrected chi connectivity index (χ3v) is 2.99. The maximum absolute atomic E-state index is 10.6. The van der Waals surface area contributed by atoms with Gasteiger partial charge in [0.1, 0.15) is 16.5 Å². The first-order valence-corrected chi connectivity index (χ1v) is 6.79. The van der Waals surface area contributed by atoms with Gasteiger partial charge in [-0.1, -0.05) is 29.8 Å². The first-order valence-electron chi connectivity index (χ1n) is 6.41. The predicted octanol–water partition coefficient (Wildman–Crippen LogP) is 4.10. The fourth-order valence-electron chi connectivity index (χ4n) is 1.68. The van der Waals surface area contributed by atoms with Crippen molar-refractivity contribution in [1.29, 1.82) is 0 Å². The molecule has 6 heteroatoms. The number of nitro groups is 1. The summed E-state index contributed by atoms with van der Waals surface area (Å²) in [5, 5.41) is 10.7. The van der Waals surface area contributed by atoms with Crippen molar-refractivity contribution in [1.82, 2.24) is 0 Å². The summed E-state index contributed by atoms with van der Waals surface area (Å²) in [6.45, 7) is 0.978. The Bertz CT molecular complexity index is 604. The van der Waals surface area contributed by atoms with Crippen molar-refractivity contribution in [2.75, 3.05) is 13.2 Å². The number of benzene rings is 2.